The summed E-state index contributed by atoms with van der Waals surface area (Å²) in [5.74, 6) is 0. The highest BCUT2D eigenvalue weighted by Gasteiger charge is 2.20. The van der Waals surface area contributed by atoms with Crippen LogP contribution >= 0.6 is 15.9 Å². The summed E-state index contributed by atoms with van der Waals surface area (Å²) in [5.41, 5.74) is 2.52. The molecule has 0 saturated heterocycles. The summed E-state index contributed by atoms with van der Waals surface area (Å²) in [6.07, 6.45) is 3.31. The van der Waals surface area contributed by atoms with E-state index in [4.69, 9.17) is 0 Å². The second-order valence-corrected chi connectivity index (χ2v) is 7.58. The molecule has 6 heteroatoms. The lowest BCUT2D eigenvalue weighted by molar-refractivity contribution is 0.589. The van der Waals surface area contributed by atoms with Crippen molar-refractivity contribution in [2.24, 2.45) is 0 Å². The number of benzene rings is 1. The summed E-state index contributed by atoms with van der Waals surface area (Å²) < 4.78 is 27.5. The number of nitrogens with zero attached hydrogens (tertiary/aromatic N) is 2. The minimum Gasteiger partial charge on any atom is -0.249 e. The first-order chi connectivity index (χ1) is 10.9. The Bertz CT molecular complexity index is 929. The molecule has 4 nitrogen and oxygen atoms in total. The van der Waals surface area contributed by atoms with E-state index in [0.29, 0.717) is 10.1 Å². The molecular formula is C17H19BrN2O2S. The zero-order valence-corrected chi connectivity index (χ0v) is 15.9. The van der Waals surface area contributed by atoms with Gasteiger partial charge in [0.15, 0.2) is 0 Å². The molecule has 0 unspecified atom stereocenters. The Kier molecular flexibility index (Phi) is 5.26. The van der Waals surface area contributed by atoms with Gasteiger partial charge in [-0.2, -0.15) is 0 Å². The lowest BCUT2D eigenvalue weighted by Crippen LogP contribution is -2.11. The maximum atomic E-state index is 12.8. The average molecular weight is 395 g/mol. The summed E-state index contributed by atoms with van der Waals surface area (Å²) in [4.78, 5) is 4.43. The van der Waals surface area contributed by atoms with E-state index in [1.807, 2.05) is 27.7 Å². The van der Waals surface area contributed by atoms with Crippen LogP contribution in [0.1, 0.15) is 25.0 Å². The van der Waals surface area contributed by atoms with Gasteiger partial charge in [-0.3, -0.25) is 0 Å². The Morgan fingerprint density at radius 1 is 1.09 bits per heavy atom. The molecule has 0 amide bonds. The van der Waals surface area contributed by atoms with Gasteiger partial charge in [0.05, 0.1) is 10.4 Å². The number of hydrogen-bond acceptors (Lipinski definition) is 3. The Hall–Kier alpha value is -1.66. The van der Waals surface area contributed by atoms with E-state index in [1.54, 1.807) is 42.7 Å². The van der Waals surface area contributed by atoms with Crippen LogP contribution in [0.25, 0.3) is 10.9 Å². The molecule has 0 radical (unpaired) electrons. The number of pyridine rings is 1. The highest BCUT2D eigenvalue weighted by molar-refractivity contribution is 9.10. The molecule has 23 heavy (non-hydrogen) atoms. The van der Waals surface area contributed by atoms with Crippen LogP contribution in [0, 0.1) is 13.8 Å². The van der Waals surface area contributed by atoms with Gasteiger partial charge in [0.25, 0.3) is 10.0 Å². The van der Waals surface area contributed by atoms with Crippen molar-refractivity contribution in [1.82, 2.24) is 8.96 Å². The monoisotopic (exact) mass is 394 g/mol. The third-order valence-corrected chi connectivity index (χ3v) is 5.52. The molecule has 0 aliphatic rings. The van der Waals surface area contributed by atoms with Gasteiger partial charge in [-0.15, -0.1) is 0 Å². The minimum atomic E-state index is -3.61. The molecule has 0 saturated carbocycles. The third-order valence-electron chi connectivity index (χ3n) is 3.40. The summed E-state index contributed by atoms with van der Waals surface area (Å²) in [6, 6.07) is 8.56. The maximum absolute atomic E-state index is 12.8. The second kappa shape index (κ2) is 6.84. The van der Waals surface area contributed by atoms with Gasteiger partial charge in [0.2, 0.25) is 0 Å². The lowest BCUT2D eigenvalue weighted by atomic mass is 10.2. The molecule has 0 aliphatic carbocycles. The van der Waals surface area contributed by atoms with Crippen LogP contribution in [0.4, 0.5) is 0 Å². The van der Waals surface area contributed by atoms with Crippen molar-refractivity contribution >= 4 is 36.9 Å². The smallest absolute Gasteiger partial charge is 0.249 e. The molecular weight excluding hydrogens is 376 g/mol. The van der Waals surface area contributed by atoms with Crippen LogP contribution in [0.2, 0.25) is 0 Å². The molecule has 122 valence electrons. The molecule has 0 fully saturated rings. The SMILES string of the molecule is CC.Cc1ccc(S(=O)(=O)n2cc(C)c3cnc(Br)cc32)cc1. The Morgan fingerprint density at radius 2 is 1.70 bits per heavy atom. The van der Waals surface area contributed by atoms with Gasteiger partial charge in [-0.25, -0.2) is 17.4 Å². The van der Waals surface area contributed by atoms with Crippen LogP contribution in [0.3, 0.4) is 0 Å². The maximum Gasteiger partial charge on any atom is 0.268 e. The second-order valence-electron chi connectivity index (χ2n) is 4.95. The molecule has 3 rings (SSSR count). The van der Waals surface area contributed by atoms with Crippen molar-refractivity contribution in [2.45, 2.75) is 32.6 Å². The molecule has 0 aliphatic heterocycles. The van der Waals surface area contributed by atoms with Gasteiger partial charge in [0.1, 0.15) is 4.60 Å². The normalized spacial score (nSPS) is 11.2. The third kappa shape index (κ3) is 3.33. The number of aromatic nitrogens is 2. The highest BCUT2D eigenvalue weighted by atomic mass is 79.9. The standard InChI is InChI=1S/C15H13BrN2O2S.C2H6/c1-10-3-5-12(6-4-10)21(19,20)18-9-11(2)13-8-17-15(16)7-14(13)18;1-2/h3-9H,1-2H3;1-2H3. The van der Waals surface area contributed by atoms with Crippen LogP contribution in [0.5, 0.6) is 0 Å². The Labute approximate surface area is 145 Å². The van der Waals surface area contributed by atoms with Crippen LogP contribution < -0.4 is 0 Å². The van der Waals surface area contributed by atoms with Crippen molar-refractivity contribution < 1.29 is 8.42 Å². The first-order valence-electron chi connectivity index (χ1n) is 7.35. The quantitative estimate of drug-likeness (QED) is 0.592. The van der Waals surface area contributed by atoms with Crippen molar-refractivity contribution in [3.05, 3.63) is 58.5 Å². The van der Waals surface area contributed by atoms with Gasteiger partial charge < -0.3 is 0 Å². The summed E-state index contributed by atoms with van der Waals surface area (Å²) in [6.45, 7) is 7.80. The Balaban J connectivity index is 0.000000924. The fourth-order valence-corrected chi connectivity index (χ4v) is 3.98. The molecule has 0 spiro atoms. The number of rotatable bonds is 2. The van der Waals surface area contributed by atoms with E-state index >= 15 is 0 Å². The zero-order chi connectivity index (χ0) is 17.2. The predicted octanol–water partition coefficient (Wildman–Crippen LogP) is 4.68. The molecule has 0 N–H and O–H groups in total. The van der Waals surface area contributed by atoms with E-state index in [0.717, 1.165) is 16.5 Å². The molecule has 2 aromatic heterocycles. The number of hydrogen-bond donors (Lipinski definition) is 0. The molecule has 0 atom stereocenters. The van der Waals surface area contributed by atoms with E-state index < -0.39 is 10.0 Å². The first kappa shape index (κ1) is 17.7. The van der Waals surface area contributed by atoms with Gasteiger partial charge in [-0.1, -0.05) is 31.5 Å². The zero-order valence-electron chi connectivity index (χ0n) is 13.5. The number of halogens is 1. The van der Waals surface area contributed by atoms with E-state index in [9.17, 15) is 8.42 Å². The molecule has 1 aromatic carbocycles. The minimum absolute atomic E-state index is 0.276. The topological polar surface area (TPSA) is 52.0 Å². The van der Waals surface area contributed by atoms with Gasteiger partial charge in [0, 0.05) is 17.8 Å². The summed E-state index contributed by atoms with van der Waals surface area (Å²) in [5, 5.41) is 0.828. The fourth-order valence-electron chi connectivity index (χ4n) is 2.24. The van der Waals surface area contributed by atoms with Crippen LogP contribution in [-0.4, -0.2) is 17.4 Å². The predicted molar refractivity (Wildman–Crippen MR) is 97.3 cm³/mol. The number of aryl methyl sites for hydroxylation is 2. The van der Waals surface area contributed by atoms with Crippen molar-refractivity contribution in [3.63, 3.8) is 0 Å². The van der Waals surface area contributed by atoms with Crippen LogP contribution in [0.15, 0.2) is 52.2 Å². The fraction of sp³-hybridized carbons (Fsp3) is 0.235. The van der Waals surface area contributed by atoms with Gasteiger partial charge >= 0.3 is 0 Å². The van der Waals surface area contributed by atoms with Gasteiger partial charge in [-0.05, 0) is 53.5 Å². The molecule has 2 heterocycles. The van der Waals surface area contributed by atoms with E-state index in [1.165, 1.54) is 3.97 Å². The number of fused-ring (bicyclic) bond motifs is 1. The molecule has 0 bridgehead atoms. The first-order valence-corrected chi connectivity index (χ1v) is 9.58. The van der Waals surface area contributed by atoms with Crippen molar-refractivity contribution in [3.8, 4) is 0 Å². The lowest BCUT2D eigenvalue weighted by Gasteiger charge is -2.08. The van der Waals surface area contributed by atoms with E-state index in [-0.39, 0.29) is 4.90 Å². The molecule has 3 aromatic rings. The van der Waals surface area contributed by atoms with Crippen LogP contribution in [-0.2, 0) is 10.0 Å². The average Bonchev–Trinajstić information content (AvgIpc) is 2.87. The highest BCUT2D eigenvalue weighted by Crippen LogP contribution is 2.26. The summed E-state index contributed by atoms with van der Waals surface area (Å²) in [7, 11) is -3.61. The van der Waals surface area contributed by atoms with Crippen molar-refractivity contribution in [2.75, 3.05) is 0 Å². The van der Waals surface area contributed by atoms with E-state index in [2.05, 4.69) is 20.9 Å². The largest absolute Gasteiger partial charge is 0.268 e. The summed E-state index contributed by atoms with van der Waals surface area (Å²) >= 11 is 3.29. The van der Waals surface area contributed by atoms with Crippen molar-refractivity contribution in [1.29, 1.82) is 0 Å². The Morgan fingerprint density at radius 3 is 2.30 bits per heavy atom.